The number of alkyl halides is 3. The summed E-state index contributed by atoms with van der Waals surface area (Å²) < 4.78 is 38.5. The van der Waals surface area contributed by atoms with Crippen LogP contribution in [-0.4, -0.2) is 22.4 Å². The lowest BCUT2D eigenvalue weighted by atomic mass is 10.1. The van der Waals surface area contributed by atoms with Crippen LogP contribution in [0.25, 0.3) is 0 Å². The molecule has 2 rings (SSSR count). The van der Waals surface area contributed by atoms with Crippen molar-refractivity contribution < 1.29 is 13.2 Å². The summed E-state index contributed by atoms with van der Waals surface area (Å²) in [5, 5.41) is 6.75. The van der Waals surface area contributed by atoms with Gasteiger partial charge in [-0.3, -0.25) is 4.68 Å². The second kappa shape index (κ2) is 4.08. The molecule has 90 valence electrons. The number of aryl methyl sites for hydroxylation is 1. The van der Waals surface area contributed by atoms with Crippen LogP contribution in [0.3, 0.4) is 0 Å². The number of rotatable bonds is 2. The lowest BCUT2D eigenvalue weighted by Gasteiger charge is -2.09. The monoisotopic (exact) mass is 233 g/mol. The molecule has 3 nitrogen and oxygen atoms in total. The Morgan fingerprint density at radius 2 is 2.31 bits per heavy atom. The fourth-order valence-corrected chi connectivity index (χ4v) is 2.02. The van der Waals surface area contributed by atoms with Gasteiger partial charge in [0.15, 0.2) is 5.69 Å². The summed E-state index contributed by atoms with van der Waals surface area (Å²) in [6.07, 6.45) is -1.63. The van der Waals surface area contributed by atoms with E-state index in [4.69, 9.17) is 0 Å². The lowest BCUT2D eigenvalue weighted by molar-refractivity contribution is -0.141. The standard InChI is InChI=1S/C10H14F3N3/c1-16-8(5-7-3-2-4-14-7)6-9(15-16)10(11,12)13/h6-7,14H,2-5H2,1H3. The molecule has 0 aromatic carbocycles. The maximum absolute atomic E-state index is 12.4. The molecule has 0 amide bonds. The molecule has 2 heterocycles. The molecule has 6 heteroatoms. The van der Waals surface area contributed by atoms with Crippen LogP contribution in [0, 0.1) is 0 Å². The molecule has 1 aliphatic heterocycles. The van der Waals surface area contributed by atoms with E-state index in [2.05, 4.69) is 10.4 Å². The number of nitrogens with zero attached hydrogens (tertiary/aromatic N) is 2. The van der Waals surface area contributed by atoms with E-state index in [1.54, 1.807) is 7.05 Å². The van der Waals surface area contributed by atoms with Gasteiger partial charge in [0.25, 0.3) is 0 Å². The summed E-state index contributed by atoms with van der Waals surface area (Å²) in [5.41, 5.74) is -0.172. The van der Waals surface area contributed by atoms with Crippen LogP contribution in [-0.2, 0) is 19.6 Å². The van der Waals surface area contributed by atoms with Gasteiger partial charge >= 0.3 is 6.18 Å². The third-order valence-electron chi connectivity index (χ3n) is 2.89. The Kier molecular flexibility index (Phi) is 2.92. The summed E-state index contributed by atoms with van der Waals surface area (Å²) in [4.78, 5) is 0. The first-order valence-electron chi connectivity index (χ1n) is 5.30. The van der Waals surface area contributed by atoms with E-state index in [-0.39, 0.29) is 6.04 Å². The van der Waals surface area contributed by atoms with Crippen molar-refractivity contribution in [3.8, 4) is 0 Å². The summed E-state index contributed by atoms with van der Waals surface area (Å²) in [6, 6.07) is 1.43. The Morgan fingerprint density at radius 1 is 1.56 bits per heavy atom. The molecule has 0 saturated carbocycles. The average molecular weight is 233 g/mol. The molecule has 1 N–H and O–H groups in total. The van der Waals surface area contributed by atoms with Crippen LogP contribution >= 0.6 is 0 Å². The van der Waals surface area contributed by atoms with Crippen molar-refractivity contribution in [2.45, 2.75) is 31.5 Å². The minimum atomic E-state index is -4.35. The Morgan fingerprint density at radius 3 is 2.81 bits per heavy atom. The quantitative estimate of drug-likeness (QED) is 0.843. The van der Waals surface area contributed by atoms with Crippen LogP contribution in [0.15, 0.2) is 6.07 Å². The zero-order chi connectivity index (χ0) is 11.8. The molecule has 0 spiro atoms. The van der Waals surface area contributed by atoms with Crippen molar-refractivity contribution in [1.82, 2.24) is 15.1 Å². The van der Waals surface area contributed by atoms with Crippen molar-refractivity contribution in [1.29, 1.82) is 0 Å². The molecule has 1 unspecified atom stereocenters. The first kappa shape index (κ1) is 11.4. The van der Waals surface area contributed by atoms with Crippen LogP contribution in [0.1, 0.15) is 24.2 Å². The highest BCUT2D eigenvalue weighted by atomic mass is 19.4. The third kappa shape index (κ3) is 2.37. The molecule has 1 fully saturated rings. The summed E-state index contributed by atoms with van der Waals surface area (Å²) in [6.45, 7) is 0.953. The highest BCUT2D eigenvalue weighted by Gasteiger charge is 2.34. The topological polar surface area (TPSA) is 29.9 Å². The Labute approximate surface area is 91.6 Å². The van der Waals surface area contributed by atoms with E-state index >= 15 is 0 Å². The second-order valence-electron chi connectivity index (χ2n) is 4.14. The van der Waals surface area contributed by atoms with Crippen LogP contribution in [0.5, 0.6) is 0 Å². The van der Waals surface area contributed by atoms with E-state index in [0.29, 0.717) is 12.1 Å². The number of hydrogen-bond donors (Lipinski definition) is 1. The zero-order valence-corrected chi connectivity index (χ0v) is 9.01. The van der Waals surface area contributed by atoms with E-state index in [9.17, 15) is 13.2 Å². The predicted octanol–water partition coefficient (Wildman–Crippen LogP) is 1.73. The summed E-state index contributed by atoms with van der Waals surface area (Å²) >= 11 is 0. The number of halogens is 3. The molecular weight excluding hydrogens is 219 g/mol. The first-order chi connectivity index (χ1) is 7.47. The molecule has 1 atom stereocenters. The molecule has 1 saturated heterocycles. The minimum absolute atomic E-state index is 0.288. The maximum Gasteiger partial charge on any atom is 0.435 e. The maximum atomic E-state index is 12.4. The largest absolute Gasteiger partial charge is 0.435 e. The molecule has 16 heavy (non-hydrogen) atoms. The van der Waals surface area contributed by atoms with E-state index in [1.165, 1.54) is 4.68 Å². The van der Waals surface area contributed by atoms with Gasteiger partial charge in [0.05, 0.1) is 0 Å². The molecule has 1 aliphatic rings. The SMILES string of the molecule is Cn1nc(C(F)(F)F)cc1CC1CCCN1. The fraction of sp³-hybridized carbons (Fsp3) is 0.700. The lowest BCUT2D eigenvalue weighted by Crippen LogP contribution is -2.24. The van der Waals surface area contributed by atoms with E-state index in [1.807, 2.05) is 0 Å². The van der Waals surface area contributed by atoms with Gasteiger partial charge in [-0.15, -0.1) is 0 Å². The molecular formula is C10H14F3N3. The molecule has 1 aromatic rings. The average Bonchev–Trinajstić information content (AvgIpc) is 2.76. The number of hydrogen-bond acceptors (Lipinski definition) is 2. The predicted molar refractivity (Wildman–Crippen MR) is 52.9 cm³/mol. The van der Waals surface area contributed by atoms with Gasteiger partial charge in [0, 0.05) is 25.2 Å². The molecule has 0 bridgehead atoms. The van der Waals surface area contributed by atoms with Gasteiger partial charge in [-0.1, -0.05) is 0 Å². The van der Waals surface area contributed by atoms with Gasteiger partial charge in [0.2, 0.25) is 0 Å². The van der Waals surface area contributed by atoms with Crippen LogP contribution in [0.2, 0.25) is 0 Å². The van der Waals surface area contributed by atoms with Crippen molar-refractivity contribution >= 4 is 0 Å². The molecule has 0 aliphatic carbocycles. The number of aromatic nitrogens is 2. The van der Waals surface area contributed by atoms with Gasteiger partial charge < -0.3 is 5.32 Å². The highest BCUT2D eigenvalue weighted by Crippen LogP contribution is 2.28. The first-order valence-corrected chi connectivity index (χ1v) is 5.30. The van der Waals surface area contributed by atoms with Crippen molar-refractivity contribution in [3.63, 3.8) is 0 Å². The van der Waals surface area contributed by atoms with E-state index < -0.39 is 11.9 Å². The summed E-state index contributed by atoms with van der Waals surface area (Å²) in [5.74, 6) is 0. The number of nitrogens with one attached hydrogen (secondary N) is 1. The Balaban J connectivity index is 2.12. The van der Waals surface area contributed by atoms with Crippen molar-refractivity contribution in [3.05, 3.63) is 17.5 Å². The second-order valence-corrected chi connectivity index (χ2v) is 4.14. The van der Waals surface area contributed by atoms with Crippen LogP contribution in [0.4, 0.5) is 13.2 Å². The smallest absolute Gasteiger partial charge is 0.314 e. The third-order valence-corrected chi connectivity index (χ3v) is 2.89. The van der Waals surface area contributed by atoms with Gasteiger partial charge in [-0.05, 0) is 25.5 Å². The molecule has 0 radical (unpaired) electrons. The summed E-state index contributed by atoms with van der Waals surface area (Å²) in [7, 11) is 1.56. The molecule has 1 aromatic heterocycles. The van der Waals surface area contributed by atoms with E-state index in [0.717, 1.165) is 25.5 Å². The normalized spacial score (nSPS) is 21.6. The Bertz CT molecular complexity index is 364. The van der Waals surface area contributed by atoms with Gasteiger partial charge in [0.1, 0.15) is 0 Å². The van der Waals surface area contributed by atoms with Crippen molar-refractivity contribution in [2.75, 3.05) is 6.54 Å². The fourth-order valence-electron chi connectivity index (χ4n) is 2.02. The zero-order valence-electron chi connectivity index (χ0n) is 9.01. The van der Waals surface area contributed by atoms with Crippen LogP contribution < -0.4 is 5.32 Å². The minimum Gasteiger partial charge on any atom is -0.314 e. The van der Waals surface area contributed by atoms with Gasteiger partial charge in [-0.25, -0.2) is 0 Å². The van der Waals surface area contributed by atoms with Gasteiger partial charge in [-0.2, -0.15) is 18.3 Å². The van der Waals surface area contributed by atoms with Crippen molar-refractivity contribution in [2.24, 2.45) is 7.05 Å². The highest BCUT2D eigenvalue weighted by molar-refractivity contribution is 5.14. The Hall–Kier alpha value is -1.04.